The summed E-state index contributed by atoms with van der Waals surface area (Å²) in [4.78, 5) is 0. The molecule has 31 heavy (non-hydrogen) atoms. The van der Waals surface area contributed by atoms with Gasteiger partial charge in [0, 0.05) is 6.42 Å². The Kier molecular flexibility index (Phi) is 8.22. The molecule has 0 spiro atoms. The van der Waals surface area contributed by atoms with Crippen molar-refractivity contribution in [1.29, 1.82) is 0 Å². The van der Waals surface area contributed by atoms with Gasteiger partial charge in [-0.2, -0.15) is 0 Å². The molecule has 5 nitrogen and oxygen atoms in total. The highest BCUT2D eigenvalue weighted by atomic mass is 28.3. The highest BCUT2D eigenvalue weighted by molar-refractivity contribution is 6.80. The zero-order chi connectivity index (χ0) is 22.4. The van der Waals surface area contributed by atoms with E-state index in [2.05, 4.69) is 45.0 Å². The van der Waals surface area contributed by atoms with E-state index in [1.54, 1.807) is 12.2 Å². The molecule has 1 aliphatic rings. The van der Waals surface area contributed by atoms with Crippen molar-refractivity contribution in [3.63, 3.8) is 0 Å². The number of benzene rings is 2. The third-order valence-electron chi connectivity index (χ3n) is 5.55. The fourth-order valence-electron chi connectivity index (χ4n) is 3.93. The van der Waals surface area contributed by atoms with Crippen LogP contribution in [0.4, 0.5) is 0 Å². The molecule has 6 heteroatoms. The smallest absolute Gasteiger partial charge is 0.240 e. The summed E-state index contributed by atoms with van der Waals surface area (Å²) in [6, 6.07) is 20.5. The number of hydrogen-bond acceptors (Lipinski definition) is 5. The van der Waals surface area contributed by atoms with E-state index in [1.807, 2.05) is 36.4 Å². The predicted octanol–water partition coefficient (Wildman–Crippen LogP) is 1.38. The summed E-state index contributed by atoms with van der Waals surface area (Å²) in [5.41, 5.74) is -0.300. The van der Waals surface area contributed by atoms with Crippen LogP contribution < -0.4 is 10.4 Å². The monoisotopic (exact) mass is 442 g/mol. The second-order valence-corrected chi connectivity index (χ2v) is 11.6. The average molecular weight is 443 g/mol. The molecule has 5 atom stereocenters. The van der Waals surface area contributed by atoms with Crippen LogP contribution in [0.5, 0.6) is 0 Å². The molecule has 2 unspecified atom stereocenters. The largest absolute Gasteiger partial charge is 0.405 e. The minimum absolute atomic E-state index is 0.269. The van der Waals surface area contributed by atoms with Gasteiger partial charge in [0.05, 0.1) is 24.9 Å². The van der Waals surface area contributed by atoms with Gasteiger partial charge in [0.15, 0.2) is 0 Å². The lowest BCUT2D eigenvalue weighted by Crippen LogP contribution is -2.57. The van der Waals surface area contributed by atoms with Crippen molar-refractivity contribution < 1.29 is 24.5 Å². The van der Waals surface area contributed by atoms with Crippen LogP contribution in [0, 0.1) is 5.41 Å². The average Bonchev–Trinajstić information content (AvgIpc) is 2.76. The van der Waals surface area contributed by atoms with Crippen LogP contribution in [-0.2, 0) is 9.16 Å². The normalized spacial score (nSPS) is 23.6. The van der Waals surface area contributed by atoms with Gasteiger partial charge in [-0.3, -0.25) is 0 Å². The first-order chi connectivity index (χ1) is 14.8. The molecule has 0 radical (unpaired) electrons. The summed E-state index contributed by atoms with van der Waals surface area (Å²) in [5.74, 6) is 0. The summed E-state index contributed by atoms with van der Waals surface area (Å²) < 4.78 is 13.1. The Bertz CT molecular complexity index is 781. The molecule has 168 valence electrons. The van der Waals surface area contributed by atoms with E-state index in [0.29, 0.717) is 0 Å². The SMILES string of the molecule is CC(C)(C)C(O[SiH](c1ccccc1)c1ccccc1)[C@@H]1O[C@H](CC(O)CO)C=C[C@@H]1O. The van der Waals surface area contributed by atoms with E-state index >= 15 is 0 Å². The molecule has 3 rings (SSSR count). The van der Waals surface area contributed by atoms with Crippen molar-refractivity contribution in [3.05, 3.63) is 72.8 Å². The Morgan fingerprint density at radius 2 is 1.52 bits per heavy atom. The van der Waals surface area contributed by atoms with Crippen molar-refractivity contribution in [2.45, 2.75) is 57.7 Å². The third-order valence-corrected chi connectivity index (χ3v) is 8.09. The first kappa shape index (κ1) is 23.9. The highest BCUT2D eigenvalue weighted by Gasteiger charge is 2.42. The number of ether oxygens (including phenoxy) is 1. The standard InChI is InChI=1S/C25H34O5Si/c1-25(2,3)24(23-22(28)15-14-19(29-23)16-18(27)17-26)30-31(20-10-6-4-7-11-20)21-12-8-5-9-13-21/h4-15,18-19,22-24,26-28,31H,16-17H2,1-3H3/t18?,19-,22-,23+,24?/m0/s1. The molecule has 0 fully saturated rings. The van der Waals surface area contributed by atoms with Crippen LogP contribution in [-0.4, -0.2) is 61.5 Å². The van der Waals surface area contributed by atoms with Crippen LogP contribution in [0.25, 0.3) is 0 Å². The minimum atomic E-state index is -2.07. The van der Waals surface area contributed by atoms with Crippen LogP contribution in [0.15, 0.2) is 72.8 Å². The molecule has 0 aromatic heterocycles. The molecule has 3 N–H and O–H groups in total. The van der Waals surface area contributed by atoms with Gasteiger partial charge in [0.1, 0.15) is 12.2 Å². The quantitative estimate of drug-likeness (QED) is 0.425. The molecule has 1 heterocycles. The van der Waals surface area contributed by atoms with Crippen LogP contribution in [0.1, 0.15) is 27.2 Å². The number of aliphatic hydroxyl groups excluding tert-OH is 3. The molecule has 0 amide bonds. The van der Waals surface area contributed by atoms with Gasteiger partial charge in [0.2, 0.25) is 9.04 Å². The zero-order valence-electron chi connectivity index (χ0n) is 18.5. The van der Waals surface area contributed by atoms with Crippen molar-refractivity contribution in [2.24, 2.45) is 5.41 Å². The van der Waals surface area contributed by atoms with E-state index in [4.69, 9.17) is 9.16 Å². The number of hydrogen-bond donors (Lipinski definition) is 3. The summed E-state index contributed by atoms with van der Waals surface area (Å²) in [7, 11) is -2.07. The van der Waals surface area contributed by atoms with Crippen molar-refractivity contribution >= 4 is 19.4 Å². The van der Waals surface area contributed by atoms with Gasteiger partial charge >= 0.3 is 0 Å². The summed E-state index contributed by atoms with van der Waals surface area (Å²) in [6.07, 6.45) is 0.712. The van der Waals surface area contributed by atoms with Gasteiger partial charge in [-0.15, -0.1) is 0 Å². The van der Waals surface area contributed by atoms with Gasteiger partial charge in [-0.25, -0.2) is 0 Å². The van der Waals surface area contributed by atoms with Crippen LogP contribution >= 0.6 is 0 Å². The molecule has 0 saturated heterocycles. The van der Waals surface area contributed by atoms with Crippen LogP contribution in [0.3, 0.4) is 0 Å². The van der Waals surface area contributed by atoms with Gasteiger partial charge < -0.3 is 24.5 Å². The minimum Gasteiger partial charge on any atom is -0.405 e. The maximum Gasteiger partial charge on any atom is 0.240 e. The lowest BCUT2D eigenvalue weighted by atomic mass is 9.83. The summed E-state index contributed by atoms with van der Waals surface area (Å²) in [5, 5.41) is 32.2. The molecular formula is C25H34O5Si. The molecule has 0 aliphatic carbocycles. The second kappa shape index (κ2) is 10.7. The zero-order valence-corrected chi connectivity index (χ0v) is 19.6. The van der Waals surface area contributed by atoms with E-state index in [0.717, 1.165) is 10.4 Å². The highest BCUT2D eigenvalue weighted by Crippen LogP contribution is 2.32. The first-order valence-electron chi connectivity index (χ1n) is 10.9. The Hall–Kier alpha value is -1.80. The predicted molar refractivity (Wildman–Crippen MR) is 125 cm³/mol. The Labute approximate surface area is 186 Å². The Morgan fingerprint density at radius 1 is 0.968 bits per heavy atom. The van der Waals surface area contributed by atoms with Crippen molar-refractivity contribution in [3.8, 4) is 0 Å². The fraction of sp³-hybridized carbons (Fsp3) is 0.440. The molecular weight excluding hydrogens is 408 g/mol. The number of aliphatic hydroxyl groups is 3. The molecule has 2 aromatic rings. The Morgan fingerprint density at radius 3 is 2.00 bits per heavy atom. The maximum absolute atomic E-state index is 10.8. The lowest BCUT2D eigenvalue weighted by Gasteiger charge is -2.43. The molecule has 2 aromatic carbocycles. The number of rotatable bonds is 8. The van der Waals surface area contributed by atoms with E-state index in [1.165, 1.54) is 0 Å². The molecule has 0 bridgehead atoms. The molecule has 1 aliphatic heterocycles. The van der Waals surface area contributed by atoms with Gasteiger partial charge in [-0.05, 0) is 15.8 Å². The van der Waals surface area contributed by atoms with E-state index in [9.17, 15) is 15.3 Å². The van der Waals surface area contributed by atoms with E-state index < -0.39 is 33.5 Å². The first-order valence-corrected chi connectivity index (χ1v) is 12.5. The topological polar surface area (TPSA) is 79.2 Å². The Balaban J connectivity index is 1.91. The van der Waals surface area contributed by atoms with Crippen molar-refractivity contribution in [1.82, 2.24) is 0 Å². The fourth-order valence-corrected chi connectivity index (χ4v) is 6.63. The van der Waals surface area contributed by atoms with Gasteiger partial charge in [0.25, 0.3) is 0 Å². The van der Waals surface area contributed by atoms with Gasteiger partial charge in [-0.1, -0.05) is 93.6 Å². The third kappa shape index (κ3) is 6.35. The second-order valence-electron chi connectivity index (χ2n) is 9.21. The maximum atomic E-state index is 10.8. The summed E-state index contributed by atoms with van der Waals surface area (Å²) in [6.45, 7) is 5.94. The molecule has 0 saturated carbocycles. The van der Waals surface area contributed by atoms with Crippen LogP contribution in [0.2, 0.25) is 0 Å². The summed E-state index contributed by atoms with van der Waals surface area (Å²) >= 11 is 0. The lowest BCUT2D eigenvalue weighted by molar-refractivity contribution is -0.139. The van der Waals surface area contributed by atoms with Crippen molar-refractivity contribution in [2.75, 3.05) is 6.61 Å². The van der Waals surface area contributed by atoms with E-state index in [-0.39, 0.29) is 24.5 Å².